The summed E-state index contributed by atoms with van der Waals surface area (Å²) in [6.07, 6.45) is 6.50. The Labute approximate surface area is 114 Å². The Hall–Kier alpha value is -0.450. The number of hydrogen-bond acceptors (Lipinski definition) is 4. The topological polar surface area (TPSA) is 28.2 Å². The minimum atomic E-state index is 0.733. The maximum absolute atomic E-state index is 4.71. The number of aryl methyl sites for hydroxylation is 1. The van der Waals surface area contributed by atoms with Crippen LogP contribution in [0.5, 0.6) is 0 Å². The normalized spacial score (nSPS) is 29.2. The first kappa shape index (κ1) is 12.6. The second kappa shape index (κ2) is 5.68. The molecule has 0 radical (unpaired) electrons. The molecule has 0 bridgehead atoms. The van der Waals surface area contributed by atoms with Crippen LogP contribution in [0.4, 0.5) is 0 Å². The van der Waals surface area contributed by atoms with Gasteiger partial charge in [-0.2, -0.15) is 0 Å². The summed E-state index contributed by atoms with van der Waals surface area (Å²) in [5.74, 6) is 0. The lowest BCUT2D eigenvalue weighted by atomic mass is 10.0. The fraction of sp³-hybridized carbons (Fsp3) is 0.786. The minimum absolute atomic E-state index is 0.733. The molecule has 2 aliphatic heterocycles. The third-order valence-corrected chi connectivity index (χ3v) is 5.29. The van der Waals surface area contributed by atoms with Crippen molar-refractivity contribution in [3.63, 3.8) is 0 Å². The Balaban J connectivity index is 1.63. The van der Waals surface area contributed by atoms with Gasteiger partial charge in [0.15, 0.2) is 0 Å². The van der Waals surface area contributed by atoms with Gasteiger partial charge in [-0.15, -0.1) is 11.3 Å². The SMILES string of the molecule is CCc1nc(CN2CCCC2C2CCCN2)cs1. The second-order valence-electron chi connectivity index (χ2n) is 5.47. The molecular weight excluding hydrogens is 242 g/mol. The lowest BCUT2D eigenvalue weighted by Crippen LogP contribution is -2.43. The Kier molecular flexibility index (Phi) is 3.97. The molecule has 0 spiro atoms. The van der Waals surface area contributed by atoms with Crippen LogP contribution in [-0.4, -0.2) is 35.1 Å². The number of likely N-dealkylation sites (tertiary alicyclic amines) is 1. The fourth-order valence-electron chi connectivity index (χ4n) is 3.34. The quantitative estimate of drug-likeness (QED) is 0.906. The summed E-state index contributed by atoms with van der Waals surface area (Å²) in [4.78, 5) is 7.36. The van der Waals surface area contributed by atoms with E-state index in [0.29, 0.717) is 0 Å². The van der Waals surface area contributed by atoms with Crippen LogP contribution in [0.25, 0.3) is 0 Å². The zero-order valence-electron chi connectivity index (χ0n) is 11.2. The summed E-state index contributed by atoms with van der Waals surface area (Å²) < 4.78 is 0. The molecule has 0 amide bonds. The van der Waals surface area contributed by atoms with E-state index in [0.717, 1.165) is 25.0 Å². The summed E-state index contributed by atoms with van der Waals surface area (Å²) in [5, 5.41) is 7.20. The van der Waals surface area contributed by atoms with Crippen molar-refractivity contribution < 1.29 is 0 Å². The van der Waals surface area contributed by atoms with Crippen LogP contribution in [0.15, 0.2) is 5.38 Å². The number of nitrogens with one attached hydrogen (secondary N) is 1. The number of rotatable bonds is 4. The lowest BCUT2D eigenvalue weighted by Gasteiger charge is -2.28. The van der Waals surface area contributed by atoms with Crippen LogP contribution in [-0.2, 0) is 13.0 Å². The van der Waals surface area contributed by atoms with Crippen molar-refractivity contribution in [3.05, 3.63) is 16.1 Å². The zero-order valence-corrected chi connectivity index (χ0v) is 12.0. The molecule has 2 fully saturated rings. The van der Waals surface area contributed by atoms with E-state index in [1.165, 1.54) is 49.5 Å². The van der Waals surface area contributed by atoms with Gasteiger partial charge >= 0.3 is 0 Å². The van der Waals surface area contributed by atoms with Crippen molar-refractivity contribution >= 4 is 11.3 Å². The highest BCUT2D eigenvalue weighted by molar-refractivity contribution is 7.09. The van der Waals surface area contributed by atoms with Crippen molar-refractivity contribution in [1.29, 1.82) is 0 Å². The molecule has 3 heterocycles. The molecule has 3 rings (SSSR count). The smallest absolute Gasteiger partial charge is 0.0926 e. The van der Waals surface area contributed by atoms with Gasteiger partial charge in [0.25, 0.3) is 0 Å². The molecule has 0 saturated carbocycles. The summed E-state index contributed by atoms with van der Waals surface area (Å²) in [5.41, 5.74) is 1.28. The lowest BCUT2D eigenvalue weighted by molar-refractivity contribution is 0.204. The third-order valence-electron chi connectivity index (χ3n) is 4.24. The third kappa shape index (κ3) is 2.60. The van der Waals surface area contributed by atoms with E-state index in [2.05, 4.69) is 22.5 Å². The van der Waals surface area contributed by atoms with Crippen LogP contribution in [0.2, 0.25) is 0 Å². The second-order valence-corrected chi connectivity index (χ2v) is 6.41. The van der Waals surface area contributed by atoms with E-state index < -0.39 is 0 Å². The largest absolute Gasteiger partial charge is 0.312 e. The van der Waals surface area contributed by atoms with Gasteiger partial charge in [0.05, 0.1) is 10.7 Å². The number of nitrogens with zero attached hydrogens (tertiary/aromatic N) is 2. The van der Waals surface area contributed by atoms with Crippen molar-refractivity contribution in [2.45, 2.75) is 57.7 Å². The average molecular weight is 265 g/mol. The van der Waals surface area contributed by atoms with Crippen molar-refractivity contribution in [1.82, 2.24) is 15.2 Å². The first-order chi connectivity index (χ1) is 8.86. The summed E-state index contributed by atoms with van der Waals surface area (Å²) in [7, 11) is 0. The van der Waals surface area contributed by atoms with Crippen LogP contribution >= 0.6 is 11.3 Å². The number of thiazole rings is 1. The van der Waals surface area contributed by atoms with Gasteiger partial charge < -0.3 is 5.32 Å². The predicted molar refractivity (Wildman–Crippen MR) is 75.9 cm³/mol. The molecule has 2 aliphatic rings. The van der Waals surface area contributed by atoms with Gasteiger partial charge in [0.2, 0.25) is 0 Å². The Morgan fingerprint density at radius 2 is 2.39 bits per heavy atom. The molecule has 2 saturated heterocycles. The number of hydrogen-bond donors (Lipinski definition) is 1. The van der Waals surface area contributed by atoms with Gasteiger partial charge in [0.1, 0.15) is 0 Å². The molecule has 18 heavy (non-hydrogen) atoms. The van der Waals surface area contributed by atoms with E-state index >= 15 is 0 Å². The van der Waals surface area contributed by atoms with Crippen molar-refractivity contribution in [2.24, 2.45) is 0 Å². The molecule has 4 heteroatoms. The number of aromatic nitrogens is 1. The molecule has 2 atom stereocenters. The molecule has 1 aromatic heterocycles. The molecule has 1 aromatic rings. The van der Waals surface area contributed by atoms with E-state index in [-0.39, 0.29) is 0 Å². The average Bonchev–Trinajstić information content (AvgIpc) is 3.09. The van der Waals surface area contributed by atoms with Crippen molar-refractivity contribution in [2.75, 3.05) is 13.1 Å². The highest BCUT2D eigenvalue weighted by atomic mass is 32.1. The highest BCUT2D eigenvalue weighted by Crippen LogP contribution is 2.26. The minimum Gasteiger partial charge on any atom is -0.312 e. The van der Waals surface area contributed by atoms with E-state index in [4.69, 9.17) is 4.98 Å². The first-order valence-corrected chi connectivity index (χ1v) is 8.15. The summed E-state index contributed by atoms with van der Waals surface area (Å²) in [6, 6.07) is 1.48. The van der Waals surface area contributed by atoms with Crippen LogP contribution in [0.1, 0.15) is 43.3 Å². The predicted octanol–water partition coefficient (Wildman–Crippen LogP) is 2.42. The van der Waals surface area contributed by atoms with Crippen LogP contribution in [0, 0.1) is 0 Å². The Bertz CT molecular complexity index is 384. The Morgan fingerprint density at radius 3 is 3.11 bits per heavy atom. The molecule has 3 nitrogen and oxygen atoms in total. The molecule has 0 aliphatic carbocycles. The van der Waals surface area contributed by atoms with Gasteiger partial charge in [0, 0.05) is 24.0 Å². The monoisotopic (exact) mass is 265 g/mol. The van der Waals surface area contributed by atoms with Gasteiger partial charge in [-0.25, -0.2) is 4.98 Å². The maximum atomic E-state index is 4.71. The molecule has 1 N–H and O–H groups in total. The molecule has 2 unspecified atom stereocenters. The zero-order chi connectivity index (χ0) is 12.4. The summed E-state index contributed by atoms with van der Waals surface area (Å²) in [6.45, 7) is 5.70. The van der Waals surface area contributed by atoms with Gasteiger partial charge in [-0.05, 0) is 45.2 Å². The van der Waals surface area contributed by atoms with E-state index in [9.17, 15) is 0 Å². The van der Waals surface area contributed by atoms with Gasteiger partial charge in [-0.1, -0.05) is 6.92 Å². The molecule has 100 valence electrons. The fourth-order valence-corrected chi connectivity index (χ4v) is 4.07. The molecule has 0 aromatic carbocycles. The summed E-state index contributed by atoms with van der Waals surface area (Å²) >= 11 is 1.81. The van der Waals surface area contributed by atoms with Crippen LogP contribution < -0.4 is 5.32 Å². The van der Waals surface area contributed by atoms with Gasteiger partial charge in [-0.3, -0.25) is 4.90 Å². The first-order valence-electron chi connectivity index (χ1n) is 7.27. The van der Waals surface area contributed by atoms with Crippen molar-refractivity contribution in [3.8, 4) is 0 Å². The maximum Gasteiger partial charge on any atom is 0.0926 e. The van der Waals surface area contributed by atoms with Crippen LogP contribution in [0.3, 0.4) is 0 Å². The van der Waals surface area contributed by atoms with E-state index in [1.807, 2.05) is 11.3 Å². The standard InChI is InChI=1S/C14H23N3S/c1-2-14-16-11(10-18-14)9-17-8-4-6-13(17)12-5-3-7-15-12/h10,12-13,15H,2-9H2,1H3. The molecular formula is C14H23N3S. The Morgan fingerprint density at radius 1 is 1.44 bits per heavy atom. The highest BCUT2D eigenvalue weighted by Gasteiger charge is 2.33. The van der Waals surface area contributed by atoms with E-state index in [1.54, 1.807) is 0 Å².